The molecular weight excluding hydrogens is 677 g/mol. The number of hydrogen-bond acceptors (Lipinski definition) is 2. The summed E-state index contributed by atoms with van der Waals surface area (Å²) in [5, 5.41) is 2.53. The molecule has 0 saturated heterocycles. The lowest BCUT2D eigenvalue weighted by molar-refractivity contribution is 0.798. The molecule has 0 saturated carbocycles. The van der Waals surface area contributed by atoms with E-state index >= 15 is 0 Å². The highest BCUT2D eigenvalue weighted by atomic mass is 14.7. The minimum Gasteiger partial charge on any atom is -0.256 e. The van der Waals surface area contributed by atoms with Crippen LogP contribution in [-0.2, 0) is 0 Å². The molecule has 56 heavy (non-hydrogen) atoms. The fraction of sp³-hybridized carbons (Fsp3) is 0.0370. The summed E-state index contributed by atoms with van der Waals surface area (Å²) in [6, 6.07) is 65.8. The summed E-state index contributed by atoms with van der Waals surface area (Å²) >= 11 is 0. The maximum atomic E-state index is 4.63. The van der Waals surface area contributed by atoms with Gasteiger partial charge in [-0.3, -0.25) is 9.97 Å². The zero-order valence-corrected chi connectivity index (χ0v) is 30.9. The molecule has 6 aromatic carbocycles. The van der Waals surface area contributed by atoms with Gasteiger partial charge in [-0.2, -0.15) is 0 Å². The van der Waals surface area contributed by atoms with E-state index in [1.54, 1.807) is 0 Å². The molecule has 10 rings (SSSR count). The Bertz CT molecular complexity index is 2820. The van der Waals surface area contributed by atoms with Crippen LogP contribution in [0.5, 0.6) is 0 Å². The van der Waals surface area contributed by atoms with Crippen molar-refractivity contribution in [2.75, 3.05) is 0 Å². The molecule has 1 unspecified atom stereocenters. The average molecular weight is 715 g/mol. The van der Waals surface area contributed by atoms with E-state index in [2.05, 4.69) is 186 Å². The van der Waals surface area contributed by atoms with Crippen molar-refractivity contribution in [2.45, 2.75) is 6.42 Å². The van der Waals surface area contributed by atoms with Crippen LogP contribution >= 0.6 is 0 Å². The summed E-state index contributed by atoms with van der Waals surface area (Å²) < 4.78 is 0. The minimum absolute atomic E-state index is 0.199. The third-order valence-electron chi connectivity index (χ3n) is 11.1. The van der Waals surface area contributed by atoms with Crippen molar-refractivity contribution in [3.8, 4) is 55.9 Å². The first-order valence-corrected chi connectivity index (χ1v) is 19.3. The van der Waals surface area contributed by atoms with Crippen LogP contribution in [0.15, 0.2) is 218 Å². The molecular formula is C54H38N2. The number of aromatic nitrogens is 2. The van der Waals surface area contributed by atoms with Crippen LogP contribution in [0.3, 0.4) is 0 Å². The van der Waals surface area contributed by atoms with E-state index in [4.69, 9.17) is 0 Å². The van der Waals surface area contributed by atoms with E-state index in [1.165, 1.54) is 71.7 Å². The maximum absolute atomic E-state index is 4.63. The smallest absolute Gasteiger partial charge is 0.0701 e. The zero-order valence-electron chi connectivity index (χ0n) is 30.9. The SMILES string of the molecule is C1=CCC2C(=C1)C(c1ccc(-c3ccccn3)cc1)=c1ccc(-c3cc(-c4ccccc4)cc(-c4ccccc4)c3)cc1=C2c1ccc(-c2ccccn2)cc1. The molecule has 2 aliphatic rings. The van der Waals surface area contributed by atoms with Crippen LogP contribution in [0.1, 0.15) is 17.5 Å². The van der Waals surface area contributed by atoms with Gasteiger partial charge < -0.3 is 0 Å². The first-order valence-electron chi connectivity index (χ1n) is 19.3. The third-order valence-corrected chi connectivity index (χ3v) is 11.1. The molecule has 0 spiro atoms. The number of hydrogen-bond donors (Lipinski definition) is 0. The summed E-state index contributed by atoms with van der Waals surface area (Å²) in [5.74, 6) is 0.199. The van der Waals surface area contributed by atoms with Gasteiger partial charge in [0.1, 0.15) is 0 Å². The van der Waals surface area contributed by atoms with E-state index in [1.807, 2.05) is 36.7 Å². The van der Waals surface area contributed by atoms with Crippen LogP contribution in [0.4, 0.5) is 0 Å². The predicted octanol–water partition coefficient (Wildman–Crippen LogP) is 11.7. The topological polar surface area (TPSA) is 25.8 Å². The second-order valence-electron chi connectivity index (χ2n) is 14.5. The van der Waals surface area contributed by atoms with Crippen molar-refractivity contribution in [3.05, 3.63) is 240 Å². The lowest BCUT2D eigenvalue weighted by Gasteiger charge is -2.31. The Morgan fingerprint density at radius 3 is 1.43 bits per heavy atom. The van der Waals surface area contributed by atoms with Crippen molar-refractivity contribution >= 4 is 11.1 Å². The van der Waals surface area contributed by atoms with Gasteiger partial charge in [-0.15, -0.1) is 0 Å². The molecule has 2 nitrogen and oxygen atoms in total. The minimum atomic E-state index is 0.199. The first-order chi connectivity index (χ1) is 27.8. The van der Waals surface area contributed by atoms with Gasteiger partial charge in [0.15, 0.2) is 0 Å². The van der Waals surface area contributed by atoms with E-state index in [-0.39, 0.29) is 5.92 Å². The van der Waals surface area contributed by atoms with Crippen molar-refractivity contribution in [1.29, 1.82) is 0 Å². The molecule has 0 fully saturated rings. The van der Waals surface area contributed by atoms with Crippen molar-refractivity contribution in [1.82, 2.24) is 9.97 Å². The molecule has 2 heteroatoms. The molecule has 1 atom stereocenters. The normalized spacial score (nSPS) is 14.5. The standard InChI is InChI=1S/C54H38N2/c1-3-13-37(14-4-1)44-33-45(38-15-5-2-6-16-38)35-46(34-44)43-29-30-49-50(36-43)54(42-27-23-40(24-28-42)52-20-10-12-32-56-52)48-18-8-7-17-47(48)53(49)41-25-21-39(22-26-41)51-19-9-11-31-55-51/h1-17,19-36,48H,18H2. The van der Waals surface area contributed by atoms with Gasteiger partial charge in [-0.25, -0.2) is 0 Å². The van der Waals surface area contributed by atoms with Gasteiger partial charge >= 0.3 is 0 Å². The average Bonchev–Trinajstić information content (AvgIpc) is 3.29. The number of pyridine rings is 2. The lowest BCUT2D eigenvalue weighted by atomic mass is 9.72. The van der Waals surface area contributed by atoms with Crippen molar-refractivity contribution < 1.29 is 0 Å². The summed E-state index contributed by atoms with van der Waals surface area (Å²) in [5.41, 5.74) is 17.9. The van der Waals surface area contributed by atoms with Gasteiger partial charge in [-0.1, -0.05) is 152 Å². The van der Waals surface area contributed by atoms with Gasteiger partial charge in [-0.05, 0) is 127 Å². The van der Waals surface area contributed by atoms with Crippen LogP contribution < -0.4 is 10.4 Å². The summed E-state index contributed by atoms with van der Waals surface area (Å²) in [7, 11) is 0. The van der Waals surface area contributed by atoms with Crippen molar-refractivity contribution in [2.24, 2.45) is 5.92 Å². The van der Waals surface area contributed by atoms with Gasteiger partial charge in [0.2, 0.25) is 0 Å². The highest BCUT2D eigenvalue weighted by Gasteiger charge is 2.29. The van der Waals surface area contributed by atoms with Crippen LogP contribution in [0.25, 0.3) is 67.0 Å². The number of rotatable bonds is 7. The molecule has 8 aromatic rings. The molecule has 2 aromatic heterocycles. The zero-order chi connectivity index (χ0) is 37.3. The molecule has 0 aliphatic heterocycles. The fourth-order valence-corrected chi connectivity index (χ4v) is 8.43. The molecule has 2 aliphatic carbocycles. The Labute approximate surface area is 327 Å². The molecule has 0 bridgehead atoms. The predicted molar refractivity (Wildman–Crippen MR) is 232 cm³/mol. The van der Waals surface area contributed by atoms with Gasteiger partial charge in [0.25, 0.3) is 0 Å². The maximum Gasteiger partial charge on any atom is 0.0701 e. The Kier molecular flexibility index (Phi) is 8.70. The molecule has 0 radical (unpaired) electrons. The third kappa shape index (κ3) is 6.32. The Balaban J connectivity index is 1.22. The number of benzene rings is 6. The largest absolute Gasteiger partial charge is 0.256 e. The van der Waals surface area contributed by atoms with Gasteiger partial charge in [0.05, 0.1) is 11.4 Å². The second kappa shape index (κ2) is 14.6. The van der Waals surface area contributed by atoms with Crippen LogP contribution in [0, 0.1) is 5.92 Å². The number of fused-ring (bicyclic) bond motifs is 2. The Morgan fingerprint density at radius 2 is 0.875 bits per heavy atom. The monoisotopic (exact) mass is 714 g/mol. The lowest BCUT2D eigenvalue weighted by Crippen LogP contribution is -2.38. The molecule has 264 valence electrons. The summed E-state index contributed by atoms with van der Waals surface area (Å²) in [4.78, 5) is 9.25. The van der Waals surface area contributed by atoms with E-state index in [0.29, 0.717) is 0 Å². The highest BCUT2D eigenvalue weighted by molar-refractivity contribution is 5.90. The fourth-order valence-electron chi connectivity index (χ4n) is 8.43. The van der Waals surface area contributed by atoms with E-state index < -0.39 is 0 Å². The Morgan fingerprint density at radius 1 is 0.375 bits per heavy atom. The summed E-state index contributed by atoms with van der Waals surface area (Å²) in [6.07, 6.45) is 11.5. The highest BCUT2D eigenvalue weighted by Crippen LogP contribution is 2.41. The van der Waals surface area contributed by atoms with E-state index in [0.717, 1.165) is 28.9 Å². The van der Waals surface area contributed by atoms with Crippen LogP contribution in [-0.4, -0.2) is 9.97 Å². The number of allylic oxidation sites excluding steroid dienone is 4. The quantitative estimate of drug-likeness (QED) is 0.164. The number of nitrogens with zero attached hydrogens (tertiary/aromatic N) is 2. The molecule has 2 heterocycles. The first kappa shape index (κ1) is 33.4. The Hall–Kier alpha value is -7.16. The van der Waals surface area contributed by atoms with Gasteiger partial charge in [0, 0.05) is 29.4 Å². The molecule has 0 N–H and O–H groups in total. The summed E-state index contributed by atoms with van der Waals surface area (Å²) in [6.45, 7) is 0. The van der Waals surface area contributed by atoms with E-state index in [9.17, 15) is 0 Å². The van der Waals surface area contributed by atoms with Crippen molar-refractivity contribution in [3.63, 3.8) is 0 Å². The molecule has 0 amide bonds. The second-order valence-corrected chi connectivity index (χ2v) is 14.5. The van der Waals surface area contributed by atoms with Crippen LogP contribution in [0.2, 0.25) is 0 Å².